The van der Waals surface area contributed by atoms with Gasteiger partial charge in [-0.05, 0) is 56.5 Å². The smallest absolute Gasteiger partial charge is 0.126 e. The third-order valence-electron chi connectivity index (χ3n) is 6.89. The number of nitrogens with zero attached hydrogens (tertiary/aromatic N) is 4. The van der Waals surface area contributed by atoms with Crippen LogP contribution in [0.2, 0.25) is 0 Å². The van der Waals surface area contributed by atoms with Crippen LogP contribution in [0.4, 0.5) is 8.78 Å². The Kier molecular flexibility index (Phi) is 4.28. The molecule has 0 aliphatic carbocycles. The van der Waals surface area contributed by atoms with Crippen molar-refractivity contribution < 1.29 is 8.78 Å². The zero-order valence-electron chi connectivity index (χ0n) is 15.7. The maximum absolute atomic E-state index is 13.9. The Hall–Kier alpha value is -1.79. The van der Waals surface area contributed by atoms with Crippen molar-refractivity contribution in [1.29, 1.82) is 0 Å². The number of rotatable bonds is 4. The van der Waals surface area contributed by atoms with E-state index in [9.17, 15) is 8.78 Å². The Morgan fingerprint density at radius 3 is 2.52 bits per heavy atom. The molecule has 0 unspecified atom stereocenters. The van der Waals surface area contributed by atoms with E-state index < -0.39 is 11.6 Å². The highest BCUT2D eigenvalue weighted by atomic mass is 19.1. The standard InChI is InChI=1S/C21H26F2N4/c1-2-25-8-5-24-19(25)13-27-12-18(15-9-16(22)11-17(23)10-15)21-20(27)14-3-6-26(21)7-4-14/h5,8-11,14,18,20-21H,2-4,6-7,12-13H2,1H3/t18-,20+,21+/m0/s1. The van der Waals surface area contributed by atoms with Gasteiger partial charge in [-0.3, -0.25) is 9.80 Å². The zero-order chi connectivity index (χ0) is 18.5. The number of hydrogen-bond acceptors (Lipinski definition) is 3. The largest absolute Gasteiger partial charge is 0.334 e. The van der Waals surface area contributed by atoms with Crippen LogP contribution in [-0.2, 0) is 13.1 Å². The Balaban J connectivity index is 1.50. The van der Waals surface area contributed by atoms with Gasteiger partial charge in [-0.25, -0.2) is 13.8 Å². The third kappa shape index (κ3) is 2.90. The second kappa shape index (κ2) is 6.67. The maximum atomic E-state index is 13.9. The molecule has 0 saturated carbocycles. The summed E-state index contributed by atoms with van der Waals surface area (Å²) in [6.07, 6.45) is 6.34. The fourth-order valence-electron chi connectivity index (χ4n) is 5.77. The van der Waals surface area contributed by atoms with Crippen LogP contribution in [0.3, 0.4) is 0 Å². The molecule has 3 atom stereocenters. The maximum Gasteiger partial charge on any atom is 0.126 e. The minimum atomic E-state index is -0.475. The molecule has 5 heterocycles. The molecule has 4 nitrogen and oxygen atoms in total. The van der Waals surface area contributed by atoms with Gasteiger partial charge < -0.3 is 4.57 Å². The molecule has 27 heavy (non-hydrogen) atoms. The lowest BCUT2D eigenvalue weighted by atomic mass is 9.75. The first-order valence-electron chi connectivity index (χ1n) is 10.1. The van der Waals surface area contributed by atoms with Gasteiger partial charge in [-0.1, -0.05) is 0 Å². The molecular weight excluding hydrogens is 346 g/mol. The van der Waals surface area contributed by atoms with E-state index in [4.69, 9.17) is 0 Å². The lowest BCUT2D eigenvalue weighted by Gasteiger charge is -2.51. The first-order chi connectivity index (χ1) is 13.1. The summed E-state index contributed by atoms with van der Waals surface area (Å²) in [6.45, 7) is 6.90. The minimum Gasteiger partial charge on any atom is -0.334 e. The van der Waals surface area contributed by atoms with Crippen LogP contribution in [0.1, 0.15) is 37.1 Å². The molecule has 4 aliphatic heterocycles. The van der Waals surface area contributed by atoms with Crippen molar-refractivity contribution >= 4 is 0 Å². The van der Waals surface area contributed by atoms with Crippen LogP contribution in [0.15, 0.2) is 30.6 Å². The van der Waals surface area contributed by atoms with E-state index in [1.807, 2.05) is 12.4 Å². The zero-order valence-corrected chi connectivity index (χ0v) is 15.7. The molecule has 144 valence electrons. The van der Waals surface area contributed by atoms with Crippen molar-refractivity contribution in [2.75, 3.05) is 19.6 Å². The number of piperidine rings is 3. The minimum absolute atomic E-state index is 0.147. The Labute approximate surface area is 158 Å². The van der Waals surface area contributed by atoms with Crippen LogP contribution in [0, 0.1) is 17.6 Å². The van der Waals surface area contributed by atoms with E-state index in [0.717, 1.165) is 50.2 Å². The second-order valence-electron chi connectivity index (χ2n) is 8.22. The Bertz CT molecular complexity index is 807. The lowest BCUT2D eigenvalue weighted by Crippen LogP contribution is -2.60. The van der Waals surface area contributed by atoms with Gasteiger partial charge in [0.2, 0.25) is 0 Å². The van der Waals surface area contributed by atoms with Crippen LogP contribution in [0.25, 0.3) is 0 Å². The number of hydrogen-bond donors (Lipinski definition) is 0. The fraction of sp³-hybridized carbons (Fsp3) is 0.571. The molecule has 2 bridgehead atoms. The number of fused-ring (bicyclic) bond motifs is 2. The van der Waals surface area contributed by atoms with Crippen molar-refractivity contribution in [3.63, 3.8) is 0 Å². The summed E-state index contributed by atoms with van der Waals surface area (Å²) in [6, 6.07) is 4.84. The van der Waals surface area contributed by atoms with Gasteiger partial charge in [0.05, 0.1) is 6.54 Å². The normalized spacial score (nSPS) is 32.8. The predicted octanol–water partition coefficient (Wildman–Crippen LogP) is 3.24. The molecule has 0 spiro atoms. The van der Waals surface area contributed by atoms with Crippen LogP contribution in [-0.4, -0.2) is 51.1 Å². The second-order valence-corrected chi connectivity index (χ2v) is 8.22. The number of halogens is 2. The Morgan fingerprint density at radius 2 is 1.81 bits per heavy atom. The Morgan fingerprint density at radius 1 is 1.07 bits per heavy atom. The number of benzene rings is 1. The first kappa shape index (κ1) is 17.3. The average Bonchev–Trinajstić information content (AvgIpc) is 3.28. The SMILES string of the molecule is CCn1ccnc1CN1C[C@@H](c2cc(F)cc(F)c2)[C@@H]2[C@H]1C1CCN2CC1. The average molecular weight is 372 g/mol. The van der Waals surface area contributed by atoms with Gasteiger partial charge in [0.15, 0.2) is 0 Å². The predicted molar refractivity (Wildman–Crippen MR) is 99.3 cm³/mol. The van der Waals surface area contributed by atoms with Crippen molar-refractivity contribution in [1.82, 2.24) is 19.4 Å². The van der Waals surface area contributed by atoms with Gasteiger partial charge in [-0.15, -0.1) is 0 Å². The van der Waals surface area contributed by atoms with Crippen LogP contribution >= 0.6 is 0 Å². The summed E-state index contributed by atoms with van der Waals surface area (Å²) in [5.74, 6) is 0.954. The van der Waals surface area contributed by atoms with Gasteiger partial charge in [-0.2, -0.15) is 0 Å². The summed E-state index contributed by atoms with van der Waals surface area (Å²) < 4.78 is 30.0. The van der Waals surface area contributed by atoms with Gasteiger partial charge in [0.25, 0.3) is 0 Å². The summed E-state index contributed by atoms with van der Waals surface area (Å²) >= 11 is 0. The molecule has 2 aromatic rings. The van der Waals surface area contributed by atoms with Gasteiger partial charge >= 0.3 is 0 Å². The number of aromatic nitrogens is 2. The van der Waals surface area contributed by atoms with Gasteiger partial charge in [0.1, 0.15) is 17.5 Å². The fourth-order valence-corrected chi connectivity index (χ4v) is 5.77. The van der Waals surface area contributed by atoms with Gasteiger partial charge in [0, 0.05) is 49.6 Å². The van der Waals surface area contributed by atoms with Crippen molar-refractivity contribution in [3.8, 4) is 0 Å². The van der Waals surface area contributed by atoms with E-state index in [2.05, 4.69) is 26.3 Å². The third-order valence-corrected chi connectivity index (χ3v) is 6.89. The van der Waals surface area contributed by atoms with E-state index >= 15 is 0 Å². The highest BCUT2D eigenvalue weighted by Gasteiger charge is 2.53. The van der Waals surface area contributed by atoms with Crippen molar-refractivity contribution in [2.45, 2.75) is 50.9 Å². The number of imidazole rings is 1. The van der Waals surface area contributed by atoms with E-state index in [-0.39, 0.29) is 5.92 Å². The number of aryl methyl sites for hydroxylation is 1. The molecule has 4 fully saturated rings. The molecular formula is C21H26F2N4. The first-order valence-corrected chi connectivity index (χ1v) is 10.1. The highest BCUT2D eigenvalue weighted by molar-refractivity contribution is 5.28. The molecule has 4 saturated heterocycles. The topological polar surface area (TPSA) is 24.3 Å². The van der Waals surface area contributed by atoms with Crippen LogP contribution < -0.4 is 0 Å². The molecule has 4 aliphatic rings. The molecule has 1 aromatic heterocycles. The van der Waals surface area contributed by atoms with E-state index in [0.29, 0.717) is 18.0 Å². The molecule has 6 heteroatoms. The molecule has 0 amide bonds. The summed E-state index contributed by atoms with van der Waals surface area (Å²) in [4.78, 5) is 9.65. The van der Waals surface area contributed by atoms with E-state index in [1.54, 1.807) is 0 Å². The molecule has 6 rings (SSSR count). The van der Waals surface area contributed by atoms with Crippen molar-refractivity contribution in [3.05, 3.63) is 53.6 Å². The summed E-state index contributed by atoms with van der Waals surface area (Å²) in [5, 5.41) is 0. The lowest BCUT2D eigenvalue weighted by molar-refractivity contribution is -0.00954. The summed E-state index contributed by atoms with van der Waals surface area (Å²) in [7, 11) is 0. The molecule has 0 radical (unpaired) electrons. The highest BCUT2D eigenvalue weighted by Crippen LogP contribution is 2.47. The molecule has 1 aromatic carbocycles. The van der Waals surface area contributed by atoms with E-state index in [1.165, 1.54) is 25.0 Å². The number of likely N-dealkylation sites (tertiary alicyclic amines) is 1. The summed E-state index contributed by atoms with van der Waals surface area (Å²) in [5.41, 5.74) is 0.802. The monoisotopic (exact) mass is 372 g/mol. The van der Waals surface area contributed by atoms with Crippen molar-refractivity contribution in [2.24, 2.45) is 5.92 Å². The molecule has 0 N–H and O–H groups in total. The quantitative estimate of drug-likeness (QED) is 0.824. The van der Waals surface area contributed by atoms with Crippen LogP contribution in [0.5, 0.6) is 0 Å².